The predicted octanol–water partition coefficient (Wildman–Crippen LogP) is 2.27. The van der Waals surface area contributed by atoms with Gasteiger partial charge in [0.1, 0.15) is 6.04 Å². The molecule has 0 heterocycles. The number of hydrogen-bond donors (Lipinski definition) is 1. The fourth-order valence-corrected chi connectivity index (χ4v) is 2.08. The second kappa shape index (κ2) is 7.65. The summed E-state index contributed by atoms with van der Waals surface area (Å²) >= 11 is 3.28. The van der Waals surface area contributed by atoms with Crippen LogP contribution in [-0.2, 0) is 9.53 Å². The van der Waals surface area contributed by atoms with Crippen molar-refractivity contribution in [3.8, 4) is 6.07 Å². The van der Waals surface area contributed by atoms with Gasteiger partial charge in [0.15, 0.2) is 0 Å². The lowest BCUT2D eigenvalue weighted by molar-refractivity contribution is -0.144. The summed E-state index contributed by atoms with van der Waals surface area (Å²) in [5.74, 6) is -1.27. The van der Waals surface area contributed by atoms with Crippen LogP contribution in [0.5, 0.6) is 0 Å². The lowest BCUT2D eigenvalue weighted by Gasteiger charge is -2.21. The van der Waals surface area contributed by atoms with Crippen LogP contribution in [0.1, 0.15) is 23.7 Å². The van der Waals surface area contributed by atoms with E-state index in [0.717, 1.165) is 4.47 Å². The first-order chi connectivity index (χ1) is 9.49. The first-order valence-corrected chi connectivity index (χ1v) is 6.80. The number of halogens is 1. The van der Waals surface area contributed by atoms with Gasteiger partial charge in [0.25, 0.3) is 5.91 Å². The van der Waals surface area contributed by atoms with Crippen LogP contribution in [0.25, 0.3) is 0 Å². The second-order valence-corrected chi connectivity index (χ2v) is 5.24. The second-order valence-electron chi connectivity index (χ2n) is 4.32. The minimum absolute atomic E-state index is 0.151. The lowest BCUT2D eigenvalue weighted by Crippen LogP contribution is -2.45. The molecular formula is C14H15BrN2O3. The number of carbonyl (C=O) groups is 2. The number of nitrogens with zero attached hydrogens (tertiary/aromatic N) is 1. The van der Waals surface area contributed by atoms with Crippen molar-refractivity contribution in [2.45, 2.75) is 19.4 Å². The van der Waals surface area contributed by atoms with E-state index in [1.165, 1.54) is 7.11 Å². The highest BCUT2D eigenvalue weighted by Crippen LogP contribution is 2.14. The van der Waals surface area contributed by atoms with Gasteiger partial charge < -0.3 is 10.1 Å². The zero-order valence-electron chi connectivity index (χ0n) is 11.2. The molecular weight excluding hydrogens is 324 g/mol. The summed E-state index contributed by atoms with van der Waals surface area (Å²) in [7, 11) is 1.25. The summed E-state index contributed by atoms with van der Waals surface area (Å²) in [5.41, 5.74) is 0.428. The Morgan fingerprint density at radius 1 is 1.50 bits per heavy atom. The summed E-state index contributed by atoms with van der Waals surface area (Å²) in [6.45, 7) is 1.71. The van der Waals surface area contributed by atoms with Crippen molar-refractivity contribution in [2.75, 3.05) is 7.11 Å². The zero-order chi connectivity index (χ0) is 15.1. The molecule has 1 rings (SSSR count). The molecule has 0 bridgehead atoms. The molecule has 0 aliphatic rings. The van der Waals surface area contributed by atoms with E-state index in [2.05, 4.69) is 26.0 Å². The van der Waals surface area contributed by atoms with Crippen molar-refractivity contribution in [1.82, 2.24) is 5.32 Å². The molecule has 0 fully saturated rings. The Balaban J connectivity index is 2.87. The molecule has 1 aromatic carbocycles. The Kier molecular flexibility index (Phi) is 6.19. The molecule has 6 heteroatoms. The first-order valence-electron chi connectivity index (χ1n) is 6.00. The van der Waals surface area contributed by atoms with Crippen LogP contribution in [0.15, 0.2) is 28.7 Å². The Hall–Kier alpha value is -1.87. The number of benzene rings is 1. The van der Waals surface area contributed by atoms with Crippen LogP contribution in [0.3, 0.4) is 0 Å². The van der Waals surface area contributed by atoms with E-state index in [-0.39, 0.29) is 18.2 Å². The highest BCUT2D eigenvalue weighted by atomic mass is 79.9. The molecule has 0 spiro atoms. The Labute approximate surface area is 126 Å². The van der Waals surface area contributed by atoms with Crippen LogP contribution >= 0.6 is 15.9 Å². The molecule has 5 nitrogen and oxygen atoms in total. The summed E-state index contributed by atoms with van der Waals surface area (Å²) in [5, 5.41) is 11.3. The van der Waals surface area contributed by atoms with Gasteiger partial charge in [-0.3, -0.25) is 4.79 Å². The number of esters is 1. The predicted molar refractivity (Wildman–Crippen MR) is 76.8 cm³/mol. The van der Waals surface area contributed by atoms with E-state index >= 15 is 0 Å². The van der Waals surface area contributed by atoms with E-state index in [1.807, 2.05) is 6.07 Å². The quantitative estimate of drug-likeness (QED) is 0.835. The van der Waals surface area contributed by atoms with Crippen molar-refractivity contribution >= 4 is 27.8 Å². The molecule has 0 saturated carbocycles. The highest BCUT2D eigenvalue weighted by Gasteiger charge is 2.28. The molecule has 0 radical (unpaired) electrons. The maximum absolute atomic E-state index is 12.1. The van der Waals surface area contributed by atoms with E-state index < -0.39 is 12.0 Å². The Morgan fingerprint density at radius 2 is 2.20 bits per heavy atom. The number of ether oxygens (including phenoxy) is 1. The molecule has 1 amide bonds. The van der Waals surface area contributed by atoms with Crippen LogP contribution in [0, 0.1) is 17.2 Å². The van der Waals surface area contributed by atoms with Gasteiger partial charge in [-0.2, -0.15) is 5.26 Å². The van der Waals surface area contributed by atoms with Gasteiger partial charge in [-0.05, 0) is 18.2 Å². The van der Waals surface area contributed by atoms with Gasteiger partial charge in [0, 0.05) is 22.4 Å². The van der Waals surface area contributed by atoms with E-state index in [0.29, 0.717) is 5.56 Å². The van der Waals surface area contributed by atoms with Crippen LogP contribution < -0.4 is 5.32 Å². The largest absolute Gasteiger partial charge is 0.467 e. The third-order valence-corrected chi connectivity index (χ3v) is 3.30. The summed E-state index contributed by atoms with van der Waals surface area (Å²) in [4.78, 5) is 23.8. The number of carbonyl (C=O) groups excluding carboxylic acids is 2. The topological polar surface area (TPSA) is 79.2 Å². The highest BCUT2D eigenvalue weighted by molar-refractivity contribution is 9.10. The lowest BCUT2D eigenvalue weighted by atomic mass is 9.98. The molecule has 0 aliphatic carbocycles. The smallest absolute Gasteiger partial charge is 0.328 e. The molecule has 1 aromatic rings. The molecule has 0 unspecified atom stereocenters. The minimum Gasteiger partial charge on any atom is -0.467 e. The standard InChI is InChI=1S/C14H15BrN2O3/c1-9(6-7-16)12(14(19)20-2)17-13(18)10-4-3-5-11(15)8-10/h3-5,8-9,12H,6H2,1-2H3,(H,17,18)/t9-,12+/m1/s1. The Morgan fingerprint density at radius 3 is 2.75 bits per heavy atom. The van der Waals surface area contributed by atoms with Gasteiger partial charge in [-0.15, -0.1) is 0 Å². The average Bonchev–Trinajstić information content (AvgIpc) is 2.43. The van der Waals surface area contributed by atoms with Crippen LogP contribution in [0.2, 0.25) is 0 Å². The van der Waals surface area contributed by atoms with Crippen LogP contribution in [-0.4, -0.2) is 25.0 Å². The average molecular weight is 339 g/mol. The van der Waals surface area contributed by atoms with Crippen molar-refractivity contribution in [1.29, 1.82) is 5.26 Å². The third kappa shape index (κ3) is 4.35. The van der Waals surface area contributed by atoms with Crippen molar-refractivity contribution < 1.29 is 14.3 Å². The van der Waals surface area contributed by atoms with Crippen molar-refractivity contribution in [3.63, 3.8) is 0 Å². The number of rotatable bonds is 5. The SMILES string of the molecule is COC(=O)[C@@H](NC(=O)c1cccc(Br)c1)[C@H](C)CC#N. The monoisotopic (exact) mass is 338 g/mol. The van der Waals surface area contributed by atoms with E-state index in [1.54, 1.807) is 31.2 Å². The van der Waals surface area contributed by atoms with Gasteiger partial charge >= 0.3 is 5.97 Å². The maximum Gasteiger partial charge on any atom is 0.328 e. The normalized spacial score (nSPS) is 12.9. The number of nitrogens with one attached hydrogen (secondary N) is 1. The molecule has 0 aromatic heterocycles. The number of nitriles is 1. The maximum atomic E-state index is 12.1. The molecule has 0 saturated heterocycles. The van der Waals surface area contributed by atoms with E-state index in [4.69, 9.17) is 5.26 Å². The fraction of sp³-hybridized carbons (Fsp3) is 0.357. The van der Waals surface area contributed by atoms with Crippen LogP contribution in [0.4, 0.5) is 0 Å². The molecule has 106 valence electrons. The van der Waals surface area contributed by atoms with E-state index in [9.17, 15) is 9.59 Å². The van der Waals surface area contributed by atoms with Crippen molar-refractivity contribution in [2.24, 2.45) is 5.92 Å². The molecule has 0 aliphatic heterocycles. The fourth-order valence-electron chi connectivity index (χ4n) is 1.68. The number of amides is 1. The van der Waals surface area contributed by atoms with Gasteiger partial charge in [0.05, 0.1) is 13.2 Å². The van der Waals surface area contributed by atoms with Gasteiger partial charge in [-0.25, -0.2) is 4.79 Å². The molecule has 1 N–H and O–H groups in total. The Bertz CT molecular complexity index is 539. The minimum atomic E-state index is -0.842. The molecule has 2 atom stereocenters. The first kappa shape index (κ1) is 16.2. The number of methoxy groups -OCH3 is 1. The van der Waals surface area contributed by atoms with Crippen molar-refractivity contribution in [3.05, 3.63) is 34.3 Å². The molecule has 20 heavy (non-hydrogen) atoms. The number of hydrogen-bond acceptors (Lipinski definition) is 4. The third-order valence-electron chi connectivity index (χ3n) is 2.81. The van der Waals surface area contributed by atoms with Gasteiger partial charge in [0.2, 0.25) is 0 Å². The summed E-state index contributed by atoms with van der Waals surface area (Å²) in [6, 6.07) is 7.96. The van der Waals surface area contributed by atoms with Gasteiger partial charge in [-0.1, -0.05) is 28.9 Å². The summed E-state index contributed by atoms with van der Waals surface area (Å²) < 4.78 is 5.44. The summed E-state index contributed by atoms with van der Waals surface area (Å²) in [6.07, 6.45) is 0.151. The zero-order valence-corrected chi connectivity index (χ0v) is 12.8.